The molecule has 1 aliphatic rings. The first-order valence-electron chi connectivity index (χ1n) is 10.7. The molecular weight excluding hydrogens is 335 g/mol. The van der Waals surface area contributed by atoms with Crippen molar-refractivity contribution in [3.8, 4) is 11.1 Å². The molecule has 1 saturated heterocycles. The highest BCUT2D eigenvalue weighted by Gasteiger charge is 2.22. The number of hydrogen-bond donors (Lipinski definition) is 0. The minimum Gasteiger partial charge on any atom is -0.373 e. The van der Waals surface area contributed by atoms with Crippen LogP contribution in [0.5, 0.6) is 0 Å². The third-order valence-electron chi connectivity index (χ3n) is 5.80. The van der Waals surface area contributed by atoms with Crippen molar-refractivity contribution in [2.45, 2.75) is 70.8 Å². The lowest BCUT2D eigenvalue weighted by Crippen LogP contribution is -2.20. The summed E-state index contributed by atoms with van der Waals surface area (Å²) in [6.07, 6.45) is 12.2. The van der Waals surface area contributed by atoms with Crippen LogP contribution in [0, 0.1) is 11.7 Å². The first-order chi connectivity index (χ1) is 13.3. The summed E-state index contributed by atoms with van der Waals surface area (Å²) in [4.78, 5) is 0. The number of rotatable bonds is 9. The van der Waals surface area contributed by atoms with Crippen molar-refractivity contribution in [3.63, 3.8) is 0 Å². The molecule has 27 heavy (non-hydrogen) atoms. The Morgan fingerprint density at radius 1 is 0.815 bits per heavy atom. The molecule has 2 aromatic rings. The smallest absolute Gasteiger partial charge is 0.123 e. The van der Waals surface area contributed by atoms with Crippen LogP contribution in [-0.4, -0.2) is 6.61 Å². The maximum atomic E-state index is 13.1. The lowest BCUT2D eigenvalue weighted by molar-refractivity contribution is -0.0199. The highest BCUT2D eigenvalue weighted by atomic mass is 19.1. The van der Waals surface area contributed by atoms with E-state index in [0.717, 1.165) is 30.1 Å². The minimum atomic E-state index is -0.193. The molecule has 2 heteroatoms. The second kappa shape index (κ2) is 10.6. The lowest BCUT2D eigenvalue weighted by Gasteiger charge is -2.29. The van der Waals surface area contributed by atoms with E-state index < -0.39 is 0 Å². The van der Waals surface area contributed by atoms with Crippen molar-refractivity contribution >= 4 is 0 Å². The fourth-order valence-electron chi connectivity index (χ4n) is 4.04. The van der Waals surface area contributed by atoms with Crippen LogP contribution in [0.15, 0.2) is 48.5 Å². The largest absolute Gasteiger partial charge is 0.373 e. The predicted molar refractivity (Wildman–Crippen MR) is 111 cm³/mol. The Morgan fingerprint density at radius 3 is 2.07 bits per heavy atom. The zero-order valence-corrected chi connectivity index (χ0v) is 16.6. The van der Waals surface area contributed by atoms with Gasteiger partial charge in [0.2, 0.25) is 0 Å². The molecule has 0 spiro atoms. The van der Waals surface area contributed by atoms with Crippen LogP contribution in [-0.2, 0) is 4.74 Å². The van der Waals surface area contributed by atoms with Crippen molar-refractivity contribution < 1.29 is 9.13 Å². The number of benzene rings is 2. The summed E-state index contributed by atoms with van der Waals surface area (Å²) in [7, 11) is 0. The highest BCUT2D eigenvalue weighted by Crippen LogP contribution is 2.33. The van der Waals surface area contributed by atoms with E-state index in [2.05, 4.69) is 31.2 Å². The second-order valence-corrected chi connectivity index (χ2v) is 7.95. The SMILES string of the molecule is CCCCCCCCC1CCC(c2ccc(-c3ccc(F)cc3)cc2)OC1. The molecule has 2 unspecified atom stereocenters. The van der Waals surface area contributed by atoms with Gasteiger partial charge < -0.3 is 4.74 Å². The topological polar surface area (TPSA) is 9.23 Å². The van der Waals surface area contributed by atoms with E-state index in [0.29, 0.717) is 0 Å². The molecule has 3 rings (SSSR count). The first-order valence-corrected chi connectivity index (χ1v) is 10.7. The molecule has 1 nitrogen and oxygen atoms in total. The van der Waals surface area contributed by atoms with Crippen LogP contribution in [0.4, 0.5) is 4.39 Å². The van der Waals surface area contributed by atoms with Gasteiger partial charge in [-0.15, -0.1) is 0 Å². The number of ether oxygens (including phenoxy) is 1. The van der Waals surface area contributed by atoms with Gasteiger partial charge in [-0.2, -0.15) is 0 Å². The zero-order valence-electron chi connectivity index (χ0n) is 16.6. The molecule has 2 aromatic carbocycles. The minimum absolute atomic E-state index is 0.193. The normalized spacial score (nSPS) is 19.9. The Kier molecular flexibility index (Phi) is 7.89. The third-order valence-corrected chi connectivity index (χ3v) is 5.80. The fourth-order valence-corrected chi connectivity index (χ4v) is 4.04. The van der Waals surface area contributed by atoms with Gasteiger partial charge in [-0.25, -0.2) is 4.39 Å². The van der Waals surface area contributed by atoms with Crippen molar-refractivity contribution in [3.05, 3.63) is 59.9 Å². The van der Waals surface area contributed by atoms with Gasteiger partial charge in [0.1, 0.15) is 5.82 Å². The molecule has 0 aliphatic carbocycles. The molecule has 2 atom stereocenters. The monoisotopic (exact) mass is 368 g/mol. The first kappa shape index (κ1) is 20.1. The molecule has 0 N–H and O–H groups in total. The molecule has 0 aromatic heterocycles. The van der Waals surface area contributed by atoms with Crippen LogP contribution in [0.3, 0.4) is 0 Å². The third kappa shape index (κ3) is 6.17. The van der Waals surface area contributed by atoms with Gasteiger partial charge in [0.25, 0.3) is 0 Å². The quantitative estimate of drug-likeness (QED) is 0.412. The second-order valence-electron chi connectivity index (χ2n) is 7.95. The lowest BCUT2D eigenvalue weighted by atomic mass is 9.90. The summed E-state index contributed by atoms with van der Waals surface area (Å²) in [5.74, 6) is 0.549. The Balaban J connectivity index is 1.42. The van der Waals surface area contributed by atoms with Gasteiger partial charge in [0.15, 0.2) is 0 Å². The van der Waals surface area contributed by atoms with E-state index in [1.807, 2.05) is 12.1 Å². The molecule has 1 aliphatic heterocycles. The van der Waals surface area contributed by atoms with E-state index in [1.54, 1.807) is 0 Å². The van der Waals surface area contributed by atoms with Crippen molar-refractivity contribution in [2.24, 2.45) is 5.92 Å². The summed E-state index contributed by atoms with van der Waals surface area (Å²) in [6, 6.07) is 15.2. The molecule has 1 heterocycles. The van der Waals surface area contributed by atoms with Crippen LogP contribution in [0.25, 0.3) is 11.1 Å². The Hall–Kier alpha value is -1.67. The standard InChI is InChI=1S/C25H33FO/c1-2-3-4-5-6-7-8-20-9-18-25(27-19-20)23-12-10-21(11-13-23)22-14-16-24(26)17-15-22/h10-17,20,25H,2-9,18-19H2,1H3. The van der Waals surface area contributed by atoms with Crippen molar-refractivity contribution in [1.29, 1.82) is 0 Å². The van der Waals surface area contributed by atoms with Crippen molar-refractivity contribution in [1.82, 2.24) is 0 Å². The molecule has 0 amide bonds. The average molecular weight is 369 g/mol. The van der Waals surface area contributed by atoms with E-state index >= 15 is 0 Å². The summed E-state index contributed by atoms with van der Waals surface area (Å²) < 4.78 is 19.3. The van der Waals surface area contributed by atoms with Gasteiger partial charge in [-0.1, -0.05) is 81.8 Å². The highest BCUT2D eigenvalue weighted by molar-refractivity contribution is 5.63. The Bertz CT molecular complexity index is 654. The molecule has 146 valence electrons. The van der Waals surface area contributed by atoms with Gasteiger partial charge in [0, 0.05) is 0 Å². The van der Waals surface area contributed by atoms with E-state index in [-0.39, 0.29) is 11.9 Å². The number of unbranched alkanes of at least 4 members (excludes halogenated alkanes) is 5. The Morgan fingerprint density at radius 2 is 1.44 bits per heavy atom. The van der Waals surface area contributed by atoms with E-state index in [4.69, 9.17) is 4.74 Å². The summed E-state index contributed by atoms with van der Waals surface area (Å²) in [5, 5.41) is 0. The number of halogens is 1. The molecule has 0 bridgehead atoms. The Labute approximate surface area is 164 Å². The summed E-state index contributed by atoms with van der Waals surface area (Å²) in [5.41, 5.74) is 3.43. The van der Waals surface area contributed by atoms with Gasteiger partial charge in [0.05, 0.1) is 12.7 Å². The molecule has 0 saturated carbocycles. The van der Waals surface area contributed by atoms with Crippen LogP contribution >= 0.6 is 0 Å². The van der Waals surface area contributed by atoms with Gasteiger partial charge in [-0.05, 0) is 54.0 Å². The summed E-state index contributed by atoms with van der Waals surface area (Å²) >= 11 is 0. The maximum Gasteiger partial charge on any atom is 0.123 e. The summed E-state index contributed by atoms with van der Waals surface area (Å²) in [6.45, 7) is 3.17. The van der Waals surface area contributed by atoms with Crippen molar-refractivity contribution in [2.75, 3.05) is 6.61 Å². The number of hydrogen-bond acceptors (Lipinski definition) is 1. The van der Waals surface area contributed by atoms with Gasteiger partial charge >= 0.3 is 0 Å². The zero-order chi connectivity index (χ0) is 18.9. The van der Waals surface area contributed by atoms with E-state index in [1.165, 1.54) is 69.1 Å². The van der Waals surface area contributed by atoms with E-state index in [9.17, 15) is 4.39 Å². The molecule has 0 radical (unpaired) electrons. The van der Waals surface area contributed by atoms with Gasteiger partial charge in [-0.3, -0.25) is 0 Å². The fraction of sp³-hybridized carbons (Fsp3) is 0.520. The van der Waals surface area contributed by atoms with Crippen LogP contribution in [0.2, 0.25) is 0 Å². The van der Waals surface area contributed by atoms with Crippen LogP contribution in [0.1, 0.15) is 76.4 Å². The molecule has 1 fully saturated rings. The maximum absolute atomic E-state index is 13.1. The average Bonchev–Trinajstić information content (AvgIpc) is 2.72. The predicted octanol–water partition coefficient (Wildman–Crippen LogP) is 7.71. The van der Waals surface area contributed by atoms with Crippen LogP contribution < -0.4 is 0 Å². The molecular formula is C25H33FO.